The molecule has 0 radical (unpaired) electrons. The van der Waals surface area contributed by atoms with Crippen LogP contribution in [-0.2, 0) is 10.0 Å². The Balaban J connectivity index is 2.14. The van der Waals surface area contributed by atoms with Crippen molar-refractivity contribution in [3.8, 4) is 0 Å². The summed E-state index contributed by atoms with van der Waals surface area (Å²) in [6.07, 6.45) is 3.39. The number of sulfonamides is 1. The van der Waals surface area contributed by atoms with E-state index in [1.54, 1.807) is 6.07 Å². The van der Waals surface area contributed by atoms with E-state index in [0.717, 1.165) is 18.6 Å². The van der Waals surface area contributed by atoms with E-state index in [1.807, 2.05) is 11.8 Å². The van der Waals surface area contributed by atoms with Gasteiger partial charge in [-0.2, -0.15) is 11.8 Å². The number of thioether (sulfide) groups is 1. The van der Waals surface area contributed by atoms with Gasteiger partial charge in [-0.15, -0.1) is 0 Å². The Morgan fingerprint density at radius 1 is 1.48 bits per heavy atom. The number of thiocarbonyl (C=S) groups is 1. The van der Waals surface area contributed by atoms with Crippen LogP contribution in [0.4, 0.5) is 0 Å². The smallest absolute Gasteiger partial charge is 0.242 e. The number of nitrogens with two attached hydrogens (primary N) is 1. The van der Waals surface area contributed by atoms with Crippen molar-refractivity contribution in [3.63, 3.8) is 0 Å². The average Bonchev–Trinajstić information content (AvgIpc) is 2.46. The zero-order chi connectivity index (χ0) is 15.5. The molecule has 2 rings (SSSR count). The first-order valence-electron chi connectivity index (χ1n) is 6.61. The van der Waals surface area contributed by atoms with Gasteiger partial charge in [0.05, 0.1) is 5.02 Å². The first-order valence-corrected chi connectivity index (χ1v) is 9.92. The third-order valence-electron chi connectivity index (χ3n) is 3.28. The summed E-state index contributed by atoms with van der Waals surface area (Å²) in [5.41, 5.74) is 6.02. The van der Waals surface area contributed by atoms with E-state index in [0.29, 0.717) is 17.4 Å². The van der Waals surface area contributed by atoms with Gasteiger partial charge in [-0.3, -0.25) is 0 Å². The summed E-state index contributed by atoms with van der Waals surface area (Å²) < 4.78 is 27.4. The van der Waals surface area contributed by atoms with Crippen LogP contribution in [0, 0.1) is 0 Å². The van der Waals surface area contributed by atoms with E-state index in [9.17, 15) is 8.42 Å². The van der Waals surface area contributed by atoms with Gasteiger partial charge < -0.3 is 5.73 Å². The van der Waals surface area contributed by atoms with Crippen molar-refractivity contribution in [1.82, 2.24) is 4.72 Å². The molecule has 0 aliphatic carbocycles. The topological polar surface area (TPSA) is 72.2 Å². The number of rotatable bonds is 5. The Morgan fingerprint density at radius 3 is 2.86 bits per heavy atom. The van der Waals surface area contributed by atoms with Gasteiger partial charge in [0.15, 0.2) is 0 Å². The largest absolute Gasteiger partial charge is 0.389 e. The van der Waals surface area contributed by atoms with Gasteiger partial charge in [0.2, 0.25) is 10.0 Å². The van der Waals surface area contributed by atoms with Crippen molar-refractivity contribution in [2.24, 2.45) is 5.73 Å². The molecule has 0 bridgehead atoms. The van der Waals surface area contributed by atoms with Gasteiger partial charge >= 0.3 is 0 Å². The van der Waals surface area contributed by atoms with Crippen LogP contribution in [0.15, 0.2) is 23.1 Å². The number of halogens is 1. The van der Waals surface area contributed by atoms with Gasteiger partial charge in [0.1, 0.15) is 9.88 Å². The molecule has 4 nitrogen and oxygen atoms in total. The fourth-order valence-corrected chi connectivity index (χ4v) is 5.19. The number of hydrogen-bond acceptors (Lipinski definition) is 4. The molecule has 0 saturated carbocycles. The number of benzene rings is 1. The van der Waals surface area contributed by atoms with Crippen molar-refractivity contribution < 1.29 is 8.42 Å². The van der Waals surface area contributed by atoms with Crippen LogP contribution in [0.25, 0.3) is 0 Å². The molecule has 1 unspecified atom stereocenters. The van der Waals surface area contributed by atoms with E-state index < -0.39 is 10.0 Å². The molecule has 1 saturated heterocycles. The minimum absolute atomic E-state index is 0.0234. The van der Waals surface area contributed by atoms with Crippen LogP contribution in [0.3, 0.4) is 0 Å². The summed E-state index contributed by atoms with van der Waals surface area (Å²) in [7, 11) is -3.66. The van der Waals surface area contributed by atoms with Crippen molar-refractivity contribution in [1.29, 1.82) is 0 Å². The fraction of sp³-hybridized carbons (Fsp3) is 0.462. The normalized spacial score (nSPS) is 19.4. The van der Waals surface area contributed by atoms with Crippen LogP contribution in [-0.4, -0.2) is 31.0 Å². The molecule has 0 spiro atoms. The van der Waals surface area contributed by atoms with E-state index >= 15 is 0 Å². The van der Waals surface area contributed by atoms with Crippen molar-refractivity contribution in [3.05, 3.63) is 28.8 Å². The molecule has 0 aromatic heterocycles. The molecule has 1 fully saturated rings. The summed E-state index contributed by atoms with van der Waals surface area (Å²) in [4.78, 5) is 0.168. The second-order valence-corrected chi connectivity index (χ2v) is 8.84. The Bertz CT molecular complexity index is 628. The lowest BCUT2D eigenvalue weighted by molar-refractivity contribution is 0.574. The lowest BCUT2D eigenvalue weighted by atomic mass is 10.2. The second-order valence-electron chi connectivity index (χ2n) is 4.85. The predicted octanol–water partition coefficient (Wildman–Crippen LogP) is 2.54. The van der Waals surface area contributed by atoms with Gasteiger partial charge in [0, 0.05) is 17.4 Å². The Kier molecular flexibility index (Phi) is 5.90. The molecular weight excluding hydrogens is 348 g/mol. The molecule has 1 aliphatic heterocycles. The van der Waals surface area contributed by atoms with Crippen LogP contribution in [0.2, 0.25) is 5.02 Å². The Labute approximate surface area is 139 Å². The monoisotopic (exact) mass is 364 g/mol. The summed E-state index contributed by atoms with van der Waals surface area (Å²) in [5, 5.41) is 0.491. The molecule has 1 heterocycles. The fourth-order valence-electron chi connectivity index (χ4n) is 2.11. The maximum absolute atomic E-state index is 12.4. The lowest BCUT2D eigenvalue weighted by Gasteiger charge is -2.21. The molecular formula is C13H17ClN2O2S3. The quantitative estimate of drug-likeness (QED) is 0.785. The molecule has 116 valence electrons. The first-order chi connectivity index (χ1) is 9.90. The van der Waals surface area contributed by atoms with Crippen LogP contribution in [0.1, 0.15) is 24.8 Å². The highest BCUT2D eigenvalue weighted by Crippen LogP contribution is 2.26. The lowest BCUT2D eigenvalue weighted by Crippen LogP contribution is -2.32. The Morgan fingerprint density at radius 2 is 2.24 bits per heavy atom. The average molecular weight is 365 g/mol. The highest BCUT2D eigenvalue weighted by molar-refractivity contribution is 8.00. The van der Waals surface area contributed by atoms with Crippen molar-refractivity contribution in [2.45, 2.75) is 29.4 Å². The summed E-state index contributed by atoms with van der Waals surface area (Å²) in [5.74, 6) is 1.09. The summed E-state index contributed by atoms with van der Waals surface area (Å²) in [6.45, 7) is 0.417. The van der Waals surface area contributed by atoms with Crippen LogP contribution < -0.4 is 10.5 Å². The maximum Gasteiger partial charge on any atom is 0.242 e. The van der Waals surface area contributed by atoms with E-state index in [4.69, 9.17) is 29.6 Å². The molecule has 1 aromatic carbocycles. The highest BCUT2D eigenvalue weighted by Gasteiger charge is 2.22. The first kappa shape index (κ1) is 17.0. The third-order valence-corrected chi connectivity index (χ3v) is 6.82. The van der Waals surface area contributed by atoms with Gasteiger partial charge in [0.25, 0.3) is 0 Å². The number of nitrogens with one attached hydrogen (secondary N) is 1. The Hall–Kier alpha value is -0.340. The summed E-state index contributed by atoms with van der Waals surface area (Å²) >= 11 is 12.7. The van der Waals surface area contributed by atoms with Gasteiger partial charge in [-0.05, 0) is 30.7 Å². The summed E-state index contributed by atoms with van der Waals surface area (Å²) in [6, 6.07) is 4.53. The zero-order valence-electron chi connectivity index (χ0n) is 11.3. The van der Waals surface area contributed by atoms with Crippen LogP contribution in [0.5, 0.6) is 0 Å². The third kappa shape index (κ3) is 4.56. The van der Waals surface area contributed by atoms with E-state index in [2.05, 4.69) is 4.72 Å². The predicted molar refractivity (Wildman–Crippen MR) is 92.6 cm³/mol. The van der Waals surface area contributed by atoms with Crippen molar-refractivity contribution in [2.75, 3.05) is 12.3 Å². The van der Waals surface area contributed by atoms with Gasteiger partial charge in [-0.1, -0.05) is 36.3 Å². The van der Waals surface area contributed by atoms with Gasteiger partial charge in [-0.25, -0.2) is 13.1 Å². The molecule has 1 atom stereocenters. The molecule has 3 N–H and O–H groups in total. The van der Waals surface area contributed by atoms with Crippen molar-refractivity contribution >= 4 is 50.6 Å². The maximum atomic E-state index is 12.4. The SMILES string of the molecule is NC(=S)c1ccc(Cl)c(S(=O)(=O)NCC2CCCCS2)c1. The molecule has 21 heavy (non-hydrogen) atoms. The number of hydrogen-bond donors (Lipinski definition) is 2. The molecule has 0 amide bonds. The van der Waals surface area contributed by atoms with E-state index in [1.165, 1.54) is 18.6 Å². The minimum Gasteiger partial charge on any atom is -0.389 e. The molecule has 1 aromatic rings. The second kappa shape index (κ2) is 7.28. The highest BCUT2D eigenvalue weighted by atomic mass is 35.5. The van der Waals surface area contributed by atoms with Crippen LogP contribution >= 0.6 is 35.6 Å². The molecule has 1 aliphatic rings. The molecule has 8 heteroatoms. The zero-order valence-corrected chi connectivity index (χ0v) is 14.5. The minimum atomic E-state index is -3.66. The van der Waals surface area contributed by atoms with E-state index in [-0.39, 0.29) is 14.9 Å². The standard InChI is InChI=1S/C13H17ClN2O2S3/c14-11-5-4-9(13(15)19)7-12(11)21(17,18)16-8-10-3-1-2-6-20-10/h4-5,7,10,16H,1-3,6,8H2,(H2,15,19).